The molecule has 2 fully saturated rings. The van der Waals surface area contributed by atoms with Gasteiger partial charge in [-0.25, -0.2) is 9.78 Å². The van der Waals surface area contributed by atoms with Gasteiger partial charge in [-0.2, -0.15) is 0 Å². The van der Waals surface area contributed by atoms with E-state index in [0.29, 0.717) is 0 Å². The fourth-order valence-corrected chi connectivity index (χ4v) is 2.77. The van der Waals surface area contributed by atoms with E-state index in [-0.39, 0.29) is 0 Å². The highest BCUT2D eigenvalue weighted by molar-refractivity contribution is 5.13. The van der Waals surface area contributed by atoms with Gasteiger partial charge in [0.1, 0.15) is 0 Å². The van der Waals surface area contributed by atoms with Crippen LogP contribution in [0.3, 0.4) is 0 Å². The van der Waals surface area contributed by atoms with Gasteiger partial charge in [0, 0.05) is 0 Å². The summed E-state index contributed by atoms with van der Waals surface area (Å²) in [7, 11) is 0. The zero-order valence-corrected chi connectivity index (χ0v) is 6.40. The van der Waals surface area contributed by atoms with E-state index in [4.69, 9.17) is 9.78 Å². The van der Waals surface area contributed by atoms with Crippen LogP contribution in [0.15, 0.2) is 12.2 Å². The summed E-state index contributed by atoms with van der Waals surface area (Å²) in [4.78, 5) is 10.0. The Morgan fingerprint density at radius 1 is 0.909 bits per heavy atom. The molecule has 0 spiro atoms. The van der Waals surface area contributed by atoms with Crippen LogP contribution in [0.2, 0.25) is 0 Å². The van der Waals surface area contributed by atoms with Crippen LogP contribution in [-0.2, 0) is 9.78 Å². The molecule has 0 aromatic rings. The third kappa shape index (κ3) is 0.741. The van der Waals surface area contributed by atoms with Gasteiger partial charge < -0.3 is 0 Å². The Hall–Kier alpha value is -0.340. The monoisotopic (exact) mass is 152 g/mol. The van der Waals surface area contributed by atoms with Crippen molar-refractivity contribution in [2.24, 2.45) is 23.7 Å². The second-order valence-corrected chi connectivity index (χ2v) is 3.85. The molecule has 1 heterocycles. The largest absolute Gasteiger partial charge is 0.236 e. The molecular weight excluding hydrogens is 140 g/mol. The average Bonchev–Trinajstić information content (AvgIpc) is 2.64. The highest BCUT2D eigenvalue weighted by Gasteiger charge is 2.46. The summed E-state index contributed by atoms with van der Waals surface area (Å²) in [6.07, 6.45) is 6.07. The minimum atomic E-state index is 0.763. The second kappa shape index (κ2) is 2.08. The predicted octanol–water partition coefficient (Wildman–Crippen LogP) is 1.39. The molecule has 1 aliphatic heterocycles. The molecule has 0 aromatic carbocycles. The first-order valence-electron chi connectivity index (χ1n) is 4.38. The van der Waals surface area contributed by atoms with Crippen molar-refractivity contribution >= 4 is 0 Å². The second-order valence-electron chi connectivity index (χ2n) is 3.85. The van der Waals surface area contributed by atoms with E-state index in [2.05, 4.69) is 12.2 Å². The lowest BCUT2D eigenvalue weighted by atomic mass is 9.84. The number of rotatable bonds is 0. The number of fused-ring (bicyclic) bond motifs is 5. The molecule has 11 heavy (non-hydrogen) atoms. The molecule has 4 unspecified atom stereocenters. The van der Waals surface area contributed by atoms with Gasteiger partial charge in [0.15, 0.2) is 0 Å². The lowest BCUT2D eigenvalue weighted by molar-refractivity contribution is -0.338. The molecule has 60 valence electrons. The number of allylic oxidation sites excluding steroid dienone is 2. The molecule has 0 aromatic heterocycles. The zero-order valence-electron chi connectivity index (χ0n) is 6.40. The minimum absolute atomic E-state index is 0.763. The number of hydrogen-bond acceptors (Lipinski definition) is 2. The van der Waals surface area contributed by atoms with Gasteiger partial charge in [-0.1, -0.05) is 12.2 Å². The first-order chi connectivity index (χ1) is 5.45. The third-order valence-electron chi connectivity index (χ3n) is 3.40. The Balaban J connectivity index is 1.90. The van der Waals surface area contributed by atoms with Gasteiger partial charge in [-0.05, 0) is 30.1 Å². The van der Waals surface area contributed by atoms with Crippen molar-refractivity contribution in [3.8, 4) is 0 Å². The predicted molar refractivity (Wildman–Crippen MR) is 39.6 cm³/mol. The van der Waals surface area contributed by atoms with Crippen LogP contribution in [0.5, 0.6) is 0 Å². The van der Waals surface area contributed by atoms with Crippen LogP contribution in [0, 0.1) is 23.7 Å². The fraction of sp³-hybridized carbons (Fsp3) is 0.778. The van der Waals surface area contributed by atoms with Crippen LogP contribution in [0.25, 0.3) is 0 Å². The van der Waals surface area contributed by atoms with Gasteiger partial charge in [0.25, 0.3) is 0 Å². The van der Waals surface area contributed by atoms with Crippen LogP contribution in [0.4, 0.5) is 0 Å². The van der Waals surface area contributed by atoms with Crippen molar-refractivity contribution in [1.29, 1.82) is 0 Å². The van der Waals surface area contributed by atoms with Crippen LogP contribution in [-0.4, -0.2) is 13.2 Å². The quantitative estimate of drug-likeness (QED) is 0.385. The summed E-state index contributed by atoms with van der Waals surface area (Å²) >= 11 is 0. The smallest absolute Gasteiger partial charge is 0.0859 e. The van der Waals surface area contributed by atoms with Gasteiger partial charge in [-0.15, -0.1) is 0 Å². The highest BCUT2D eigenvalue weighted by Crippen LogP contribution is 2.49. The van der Waals surface area contributed by atoms with E-state index >= 15 is 0 Å². The molecule has 1 saturated carbocycles. The zero-order chi connectivity index (χ0) is 7.26. The molecule has 0 amide bonds. The number of hydrogen-bond donors (Lipinski definition) is 0. The summed E-state index contributed by atoms with van der Waals surface area (Å²) in [5.74, 6) is 3.13. The Bertz CT molecular complexity index is 180. The molecule has 2 aliphatic carbocycles. The molecule has 4 atom stereocenters. The summed E-state index contributed by atoms with van der Waals surface area (Å²) < 4.78 is 0. The first kappa shape index (κ1) is 6.21. The van der Waals surface area contributed by atoms with E-state index in [9.17, 15) is 0 Å². The lowest BCUT2D eigenvalue weighted by Gasteiger charge is -2.30. The molecular formula is C9H12O2. The van der Waals surface area contributed by atoms with Crippen LogP contribution in [0.1, 0.15) is 6.42 Å². The Morgan fingerprint density at radius 3 is 2.00 bits per heavy atom. The molecule has 0 N–H and O–H groups in total. The average molecular weight is 152 g/mol. The van der Waals surface area contributed by atoms with E-state index in [0.717, 1.165) is 36.9 Å². The van der Waals surface area contributed by atoms with Gasteiger partial charge in [-0.3, -0.25) is 0 Å². The fourth-order valence-electron chi connectivity index (χ4n) is 2.77. The van der Waals surface area contributed by atoms with E-state index in [1.165, 1.54) is 6.42 Å². The van der Waals surface area contributed by atoms with Gasteiger partial charge >= 0.3 is 0 Å². The Morgan fingerprint density at radius 2 is 1.45 bits per heavy atom. The Kier molecular flexibility index (Phi) is 1.17. The molecule has 2 heteroatoms. The highest BCUT2D eigenvalue weighted by atomic mass is 17.2. The van der Waals surface area contributed by atoms with E-state index < -0.39 is 0 Å². The maximum absolute atomic E-state index is 5.00. The standard InChI is InChI=1S/C9H12O2/c1-2-7-3-6(1)8-4-10-11-5-9(7)8/h1-2,6-9H,3-5H2. The van der Waals surface area contributed by atoms with Gasteiger partial charge in [0.2, 0.25) is 0 Å². The van der Waals surface area contributed by atoms with Gasteiger partial charge in [0.05, 0.1) is 13.2 Å². The van der Waals surface area contributed by atoms with Crippen molar-refractivity contribution in [3.05, 3.63) is 12.2 Å². The molecule has 3 aliphatic rings. The van der Waals surface area contributed by atoms with E-state index in [1.54, 1.807) is 0 Å². The Labute approximate surface area is 66.1 Å². The van der Waals surface area contributed by atoms with Crippen LogP contribution >= 0.6 is 0 Å². The maximum Gasteiger partial charge on any atom is 0.0859 e. The SMILES string of the molecule is C1=CC2CC1C1COOCC21. The van der Waals surface area contributed by atoms with Crippen LogP contribution < -0.4 is 0 Å². The topological polar surface area (TPSA) is 18.5 Å². The van der Waals surface area contributed by atoms with Crippen molar-refractivity contribution < 1.29 is 9.78 Å². The summed E-state index contributed by atoms with van der Waals surface area (Å²) in [5, 5.41) is 0. The summed E-state index contributed by atoms with van der Waals surface area (Å²) in [6, 6.07) is 0. The van der Waals surface area contributed by atoms with Crippen molar-refractivity contribution in [2.45, 2.75) is 6.42 Å². The maximum atomic E-state index is 5.00. The normalized spacial score (nSPS) is 53.1. The molecule has 3 rings (SSSR count). The molecule has 0 radical (unpaired) electrons. The lowest BCUT2D eigenvalue weighted by Crippen LogP contribution is -2.32. The minimum Gasteiger partial charge on any atom is -0.236 e. The van der Waals surface area contributed by atoms with Crippen molar-refractivity contribution in [2.75, 3.05) is 13.2 Å². The van der Waals surface area contributed by atoms with Crippen molar-refractivity contribution in [3.63, 3.8) is 0 Å². The molecule has 2 bridgehead atoms. The first-order valence-corrected chi connectivity index (χ1v) is 4.38. The van der Waals surface area contributed by atoms with E-state index in [1.807, 2.05) is 0 Å². The third-order valence-corrected chi connectivity index (χ3v) is 3.40. The van der Waals surface area contributed by atoms with Crippen molar-refractivity contribution in [1.82, 2.24) is 0 Å². The molecule has 1 saturated heterocycles. The molecule has 2 nitrogen and oxygen atoms in total. The summed E-state index contributed by atoms with van der Waals surface area (Å²) in [6.45, 7) is 1.63. The summed E-state index contributed by atoms with van der Waals surface area (Å²) in [5.41, 5.74) is 0.